The predicted octanol–water partition coefficient (Wildman–Crippen LogP) is 1.71. The Labute approximate surface area is 273 Å². The molecule has 2 N–H and O–H groups in total. The number of thioether (sulfide) groups is 1. The number of carbonyl (C=O) groups is 3. The van der Waals surface area contributed by atoms with Gasteiger partial charge in [0.15, 0.2) is 0 Å². The number of rotatable bonds is 13. The largest absolute Gasteiger partial charge is 1.00 e. The average molecular weight is 600 g/mol. The van der Waals surface area contributed by atoms with Crippen LogP contribution in [0, 0.1) is 12.8 Å². The van der Waals surface area contributed by atoms with Gasteiger partial charge >= 0.3 is 18.9 Å². The van der Waals surface area contributed by atoms with E-state index in [0.717, 1.165) is 54.6 Å². The molecule has 1 aliphatic heterocycles. The van der Waals surface area contributed by atoms with E-state index in [1.807, 2.05) is 54.5 Å². The number of nitrogens with one attached hydrogen (secondary N) is 2. The quantitative estimate of drug-likeness (QED) is 0.340. The summed E-state index contributed by atoms with van der Waals surface area (Å²) in [4.78, 5) is 40.8. The molecular formula is C34H46LiN3O4S. The monoisotopic (exact) mass is 599 g/mol. The topological polar surface area (TPSA) is 102 Å². The van der Waals surface area contributed by atoms with Crippen LogP contribution in [0.4, 0.5) is 0 Å². The van der Waals surface area contributed by atoms with Gasteiger partial charge in [0.1, 0.15) is 0 Å². The molecule has 7 nitrogen and oxygen atoms in total. The molecule has 2 fully saturated rings. The van der Waals surface area contributed by atoms with Crippen LogP contribution in [-0.4, -0.2) is 59.9 Å². The second-order valence-electron chi connectivity index (χ2n) is 11.9. The summed E-state index contributed by atoms with van der Waals surface area (Å²) in [6, 6.07) is 12.3. The van der Waals surface area contributed by atoms with Gasteiger partial charge in [-0.2, -0.15) is 11.8 Å². The number of hydrogen-bond donors (Lipinski definition) is 2. The minimum absolute atomic E-state index is 0. The Morgan fingerprint density at radius 2 is 1.65 bits per heavy atom. The van der Waals surface area contributed by atoms with Crippen LogP contribution in [0.15, 0.2) is 42.5 Å². The van der Waals surface area contributed by atoms with E-state index < -0.39 is 17.9 Å². The normalized spacial score (nSPS) is 17.0. The molecular weight excluding hydrogens is 553 g/mol. The zero-order valence-corrected chi connectivity index (χ0v) is 27.0. The van der Waals surface area contributed by atoms with Crippen LogP contribution < -0.4 is 34.6 Å². The standard InChI is InChI=1S/C34H47N3O4S.Li/c1-24-11-7-8-14-27(24)29-21-26(15-16-28(29)32(38)36-30(34(40)41)17-20-42-2)23-35-31(22-25-12-5-3-6-13-25)33(39)37-18-9-4-10-19-37;/h7-8,11,14-16,21,25,30-31,35H,3-6,9-10,12-13,17-20,22-23H2,1-2H3,(H,36,38)(H,40,41);/q;+1/p-1/t30-,31?;/m0./s1. The maximum absolute atomic E-state index is 13.7. The first kappa shape index (κ1) is 35.2. The van der Waals surface area contributed by atoms with Gasteiger partial charge in [0, 0.05) is 25.2 Å². The Balaban J connectivity index is 0.00000506. The summed E-state index contributed by atoms with van der Waals surface area (Å²) in [5.74, 6) is -0.321. The molecule has 0 spiro atoms. The van der Waals surface area contributed by atoms with Crippen molar-refractivity contribution in [1.29, 1.82) is 0 Å². The van der Waals surface area contributed by atoms with Crippen LogP contribution in [0.1, 0.15) is 85.7 Å². The second kappa shape index (κ2) is 17.9. The molecule has 0 radical (unpaired) electrons. The molecule has 228 valence electrons. The zero-order valence-electron chi connectivity index (χ0n) is 26.2. The fourth-order valence-corrected chi connectivity index (χ4v) is 6.79. The summed E-state index contributed by atoms with van der Waals surface area (Å²) >= 11 is 1.53. The maximum Gasteiger partial charge on any atom is 1.00 e. The Bertz CT molecular complexity index is 1210. The summed E-state index contributed by atoms with van der Waals surface area (Å²) in [5.41, 5.74) is 4.08. The van der Waals surface area contributed by atoms with Crippen LogP contribution in [0.25, 0.3) is 11.1 Å². The van der Waals surface area contributed by atoms with Gasteiger partial charge in [0.25, 0.3) is 5.91 Å². The molecule has 1 saturated heterocycles. The van der Waals surface area contributed by atoms with E-state index in [-0.39, 0.29) is 30.8 Å². The van der Waals surface area contributed by atoms with Crippen molar-refractivity contribution in [3.8, 4) is 11.1 Å². The Morgan fingerprint density at radius 1 is 0.953 bits per heavy atom. The van der Waals surface area contributed by atoms with Crippen LogP contribution >= 0.6 is 11.8 Å². The molecule has 2 aromatic rings. The van der Waals surface area contributed by atoms with Crippen molar-refractivity contribution in [2.24, 2.45) is 5.92 Å². The van der Waals surface area contributed by atoms with E-state index in [1.54, 1.807) is 6.07 Å². The number of benzene rings is 2. The van der Waals surface area contributed by atoms with Crippen molar-refractivity contribution in [3.63, 3.8) is 0 Å². The fourth-order valence-electron chi connectivity index (χ4n) is 6.32. The molecule has 1 saturated carbocycles. The van der Waals surface area contributed by atoms with Gasteiger partial charge in [-0.05, 0) is 91.3 Å². The molecule has 1 heterocycles. The summed E-state index contributed by atoms with van der Waals surface area (Å²) in [5, 5.41) is 18.0. The molecule has 9 heteroatoms. The molecule has 43 heavy (non-hydrogen) atoms. The van der Waals surface area contributed by atoms with Crippen molar-refractivity contribution >= 4 is 29.5 Å². The van der Waals surface area contributed by atoms with Gasteiger partial charge in [-0.25, -0.2) is 0 Å². The molecule has 1 unspecified atom stereocenters. The number of carbonyl (C=O) groups excluding carboxylic acids is 3. The minimum Gasteiger partial charge on any atom is -0.548 e. The molecule has 2 aliphatic rings. The first-order valence-electron chi connectivity index (χ1n) is 15.6. The van der Waals surface area contributed by atoms with E-state index in [4.69, 9.17) is 0 Å². The molecule has 2 aromatic carbocycles. The third-order valence-corrected chi connectivity index (χ3v) is 9.42. The van der Waals surface area contributed by atoms with Crippen LogP contribution in [0.2, 0.25) is 0 Å². The van der Waals surface area contributed by atoms with Crippen molar-refractivity contribution in [1.82, 2.24) is 15.5 Å². The number of amides is 2. The van der Waals surface area contributed by atoms with E-state index in [1.165, 1.54) is 50.3 Å². The number of piperidine rings is 1. The number of hydrogen-bond acceptors (Lipinski definition) is 6. The SMILES string of the molecule is CSCC[C@H](NC(=O)c1ccc(CNC(CC2CCCCC2)C(=O)N2CCCCC2)cc1-c1ccccc1C)C(=O)[O-].[Li+]. The summed E-state index contributed by atoms with van der Waals surface area (Å²) in [6.07, 6.45) is 12.5. The van der Waals surface area contributed by atoms with Crippen LogP contribution in [0.5, 0.6) is 0 Å². The number of carboxylic acids is 1. The zero-order chi connectivity index (χ0) is 29.9. The number of nitrogens with zero attached hydrogens (tertiary/aromatic N) is 1. The van der Waals surface area contributed by atoms with Gasteiger partial charge in [0.05, 0.1) is 18.1 Å². The fraction of sp³-hybridized carbons (Fsp3) is 0.559. The van der Waals surface area contributed by atoms with E-state index >= 15 is 0 Å². The van der Waals surface area contributed by atoms with E-state index in [2.05, 4.69) is 10.6 Å². The third-order valence-electron chi connectivity index (χ3n) is 8.78. The Kier molecular flexibility index (Phi) is 14.7. The molecule has 0 bridgehead atoms. The summed E-state index contributed by atoms with van der Waals surface area (Å²) in [6.45, 7) is 4.19. The number of carboxylic acid groups (broad SMARTS) is 1. The number of aryl methyl sites for hydroxylation is 1. The first-order chi connectivity index (χ1) is 20.4. The van der Waals surface area contributed by atoms with Crippen molar-refractivity contribution in [2.75, 3.05) is 25.1 Å². The van der Waals surface area contributed by atoms with Crippen molar-refractivity contribution in [3.05, 3.63) is 59.2 Å². The molecule has 0 aromatic heterocycles. The predicted molar refractivity (Wildman–Crippen MR) is 168 cm³/mol. The average Bonchev–Trinajstić information content (AvgIpc) is 3.01. The third kappa shape index (κ3) is 10.1. The van der Waals surface area contributed by atoms with Gasteiger partial charge in [0.2, 0.25) is 5.91 Å². The Hall–Kier alpha value is -2.24. The smallest absolute Gasteiger partial charge is 0.548 e. The minimum atomic E-state index is -1.28. The first-order valence-corrected chi connectivity index (χ1v) is 17.0. The van der Waals surface area contributed by atoms with E-state index in [0.29, 0.717) is 30.2 Å². The van der Waals surface area contributed by atoms with Crippen LogP contribution in [-0.2, 0) is 16.1 Å². The van der Waals surface area contributed by atoms with Crippen LogP contribution in [0.3, 0.4) is 0 Å². The van der Waals surface area contributed by atoms with Gasteiger partial charge < -0.3 is 25.4 Å². The van der Waals surface area contributed by atoms with E-state index in [9.17, 15) is 19.5 Å². The van der Waals surface area contributed by atoms with Crippen molar-refractivity contribution in [2.45, 2.75) is 89.8 Å². The molecule has 4 rings (SSSR count). The molecule has 2 amide bonds. The summed E-state index contributed by atoms with van der Waals surface area (Å²) < 4.78 is 0. The molecule has 2 atom stereocenters. The van der Waals surface area contributed by atoms with Gasteiger partial charge in [-0.15, -0.1) is 0 Å². The number of aliphatic carboxylic acids is 1. The van der Waals surface area contributed by atoms with Crippen molar-refractivity contribution < 1.29 is 38.4 Å². The molecule has 1 aliphatic carbocycles. The second-order valence-corrected chi connectivity index (χ2v) is 12.9. The maximum atomic E-state index is 13.7. The Morgan fingerprint density at radius 3 is 2.33 bits per heavy atom. The van der Waals surface area contributed by atoms with Gasteiger partial charge in [-0.3, -0.25) is 9.59 Å². The number of likely N-dealkylation sites (tertiary alicyclic amines) is 1. The van der Waals surface area contributed by atoms with Gasteiger partial charge in [-0.1, -0.05) is 62.4 Å². The summed E-state index contributed by atoms with van der Waals surface area (Å²) in [7, 11) is 0.